The summed E-state index contributed by atoms with van der Waals surface area (Å²) >= 11 is 5.69. The van der Waals surface area contributed by atoms with E-state index in [0.29, 0.717) is 17.3 Å². The topological polar surface area (TPSA) is 38.3 Å². The molecule has 76 valence electrons. The number of hydrogen-bond acceptors (Lipinski definition) is 2. The number of hydrogen-bond donors (Lipinski definition) is 1. The fourth-order valence-electron chi connectivity index (χ4n) is 0.928. The molecule has 0 saturated heterocycles. The highest BCUT2D eigenvalue weighted by Gasteiger charge is 2.00. The molecule has 1 rings (SSSR count). The smallest absolute Gasteiger partial charge is 0.257 e. The third-order valence-electron chi connectivity index (χ3n) is 1.56. The molecular weight excluding hydrogens is 202 g/mol. The van der Waals surface area contributed by atoms with Crippen molar-refractivity contribution in [2.24, 2.45) is 0 Å². The summed E-state index contributed by atoms with van der Waals surface area (Å²) in [6, 6.07) is 6.88. The summed E-state index contributed by atoms with van der Waals surface area (Å²) in [5.74, 6) is 0.517. The van der Waals surface area contributed by atoms with Crippen LogP contribution in [0.4, 0.5) is 0 Å². The number of benzene rings is 1. The Kier molecular flexibility index (Phi) is 4.26. The SMILES string of the molecule is CCNC(=O)COc1ccc(Cl)cc1. The molecule has 14 heavy (non-hydrogen) atoms. The van der Waals surface area contributed by atoms with Crippen LogP contribution < -0.4 is 10.1 Å². The van der Waals surface area contributed by atoms with E-state index in [0.717, 1.165) is 0 Å². The van der Waals surface area contributed by atoms with Gasteiger partial charge < -0.3 is 10.1 Å². The Morgan fingerprint density at radius 1 is 1.43 bits per heavy atom. The molecule has 0 fully saturated rings. The molecule has 0 bridgehead atoms. The summed E-state index contributed by atoms with van der Waals surface area (Å²) in [6.45, 7) is 2.51. The minimum absolute atomic E-state index is 0.0372. The summed E-state index contributed by atoms with van der Waals surface area (Å²) in [7, 11) is 0. The van der Waals surface area contributed by atoms with Gasteiger partial charge in [0.25, 0.3) is 5.91 Å². The van der Waals surface area contributed by atoms with Crippen molar-refractivity contribution in [1.82, 2.24) is 5.32 Å². The second-order valence-electron chi connectivity index (χ2n) is 2.70. The average Bonchev–Trinajstić information content (AvgIpc) is 2.17. The van der Waals surface area contributed by atoms with Gasteiger partial charge >= 0.3 is 0 Å². The first kappa shape index (κ1) is 10.9. The van der Waals surface area contributed by atoms with Gasteiger partial charge in [-0.25, -0.2) is 0 Å². The van der Waals surface area contributed by atoms with Crippen LogP contribution in [-0.2, 0) is 4.79 Å². The molecule has 0 aromatic heterocycles. The van der Waals surface area contributed by atoms with Crippen LogP contribution in [0.3, 0.4) is 0 Å². The molecule has 0 saturated carbocycles. The van der Waals surface area contributed by atoms with Crippen LogP contribution in [0.2, 0.25) is 5.02 Å². The van der Waals surface area contributed by atoms with Crippen molar-refractivity contribution in [1.29, 1.82) is 0 Å². The van der Waals surface area contributed by atoms with Gasteiger partial charge in [0.1, 0.15) is 5.75 Å². The van der Waals surface area contributed by atoms with E-state index in [4.69, 9.17) is 16.3 Å². The number of likely N-dealkylation sites (N-methyl/N-ethyl adjacent to an activating group) is 1. The average molecular weight is 214 g/mol. The zero-order valence-electron chi connectivity index (χ0n) is 7.92. The largest absolute Gasteiger partial charge is 0.484 e. The molecule has 0 spiro atoms. The minimum Gasteiger partial charge on any atom is -0.484 e. The number of halogens is 1. The Labute approximate surface area is 88.0 Å². The van der Waals surface area contributed by atoms with E-state index >= 15 is 0 Å². The zero-order valence-corrected chi connectivity index (χ0v) is 8.67. The van der Waals surface area contributed by atoms with Crippen LogP contribution in [0.1, 0.15) is 6.92 Å². The monoisotopic (exact) mass is 213 g/mol. The van der Waals surface area contributed by atoms with Gasteiger partial charge in [-0.2, -0.15) is 0 Å². The Morgan fingerprint density at radius 2 is 2.07 bits per heavy atom. The molecule has 0 unspecified atom stereocenters. The third-order valence-corrected chi connectivity index (χ3v) is 1.81. The van der Waals surface area contributed by atoms with Crippen LogP contribution in [0.15, 0.2) is 24.3 Å². The van der Waals surface area contributed by atoms with Gasteiger partial charge in [-0.3, -0.25) is 4.79 Å². The number of amides is 1. The van der Waals surface area contributed by atoms with Crippen molar-refractivity contribution in [2.75, 3.05) is 13.2 Å². The summed E-state index contributed by atoms with van der Waals surface area (Å²) in [6.07, 6.45) is 0. The van der Waals surface area contributed by atoms with Crippen LogP contribution in [0.25, 0.3) is 0 Å². The van der Waals surface area contributed by atoms with Crippen molar-refractivity contribution in [3.63, 3.8) is 0 Å². The second-order valence-corrected chi connectivity index (χ2v) is 3.13. The van der Waals surface area contributed by atoms with Gasteiger partial charge in [0.15, 0.2) is 6.61 Å². The van der Waals surface area contributed by atoms with Crippen molar-refractivity contribution >= 4 is 17.5 Å². The van der Waals surface area contributed by atoms with Crippen molar-refractivity contribution < 1.29 is 9.53 Å². The normalized spacial score (nSPS) is 9.57. The lowest BCUT2D eigenvalue weighted by Crippen LogP contribution is -2.28. The first-order chi connectivity index (χ1) is 6.72. The summed E-state index contributed by atoms with van der Waals surface area (Å²) in [5.41, 5.74) is 0. The van der Waals surface area contributed by atoms with E-state index in [-0.39, 0.29) is 12.5 Å². The van der Waals surface area contributed by atoms with Crippen molar-refractivity contribution in [3.05, 3.63) is 29.3 Å². The van der Waals surface area contributed by atoms with Crippen LogP contribution >= 0.6 is 11.6 Å². The predicted molar refractivity (Wildman–Crippen MR) is 55.6 cm³/mol. The molecule has 1 amide bonds. The van der Waals surface area contributed by atoms with Gasteiger partial charge in [0.05, 0.1) is 0 Å². The standard InChI is InChI=1S/C10H12ClNO2/c1-2-12-10(13)7-14-9-5-3-8(11)4-6-9/h3-6H,2,7H2,1H3,(H,12,13). The first-order valence-corrected chi connectivity index (χ1v) is 4.75. The maximum atomic E-state index is 11.0. The predicted octanol–water partition coefficient (Wildman–Crippen LogP) is 1.85. The molecule has 0 radical (unpaired) electrons. The van der Waals surface area contributed by atoms with Gasteiger partial charge in [-0.15, -0.1) is 0 Å². The second kappa shape index (κ2) is 5.50. The molecule has 4 heteroatoms. The van der Waals surface area contributed by atoms with E-state index in [9.17, 15) is 4.79 Å². The molecule has 3 nitrogen and oxygen atoms in total. The van der Waals surface area contributed by atoms with E-state index in [1.807, 2.05) is 6.92 Å². The molecule has 1 aromatic carbocycles. The maximum absolute atomic E-state index is 11.0. The molecule has 0 atom stereocenters. The number of rotatable bonds is 4. The summed E-state index contributed by atoms with van der Waals surface area (Å²) < 4.78 is 5.20. The highest BCUT2D eigenvalue weighted by Crippen LogP contribution is 2.15. The first-order valence-electron chi connectivity index (χ1n) is 4.37. The fraction of sp³-hybridized carbons (Fsp3) is 0.300. The fourth-order valence-corrected chi connectivity index (χ4v) is 1.05. The number of carbonyl (C=O) groups is 1. The summed E-state index contributed by atoms with van der Waals surface area (Å²) in [5, 5.41) is 3.29. The lowest BCUT2D eigenvalue weighted by molar-refractivity contribution is -0.122. The molecule has 0 aliphatic rings. The van der Waals surface area contributed by atoms with Gasteiger partial charge in [-0.05, 0) is 31.2 Å². The molecule has 0 aliphatic heterocycles. The Morgan fingerprint density at radius 3 is 2.64 bits per heavy atom. The van der Waals surface area contributed by atoms with E-state index in [2.05, 4.69) is 5.32 Å². The van der Waals surface area contributed by atoms with Gasteiger partial charge in [0, 0.05) is 11.6 Å². The minimum atomic E-state index is -0.123. The number of ether oxygens (including phenoxy) is 1. The maximum Gasteiger partial charge on any atom is 0.257 e. The highest BCUT2D eigenvalue weighted by molar-refractivity contribution is 6.30. The van der Waals surface area contributed by atoms with Gasteiger partial charge in [0.2, 0.25) is 0 Å². The number of nitrogens with one attached hydrogen (secondary N) is 1. The lowest BCUT2D eigenvalue weighted by Gasteiger charge is -2.05. The van der Waals surface area contributed by atoms with E-state index in [1.54, 1.807) is 24.3 Å². The van der Waals surface area contributed by atoms with E-state index in [1.165, 1.54) is 0 Å². The van der Waals surface area contributed by atoms with Gasteiger partial charge in [-0.1, -0.05) is 11.6 Å². The molecule has 0 aliphatic carbocycles. The molecule has 0 heterocycles. The van der Waals surface area contributed by atoms with Crippen molar-refractivity contribution in [3.8, 4) is 5.75 Å². The zero-order chi connectivity index (χ0) is 10.4. The summed E-state index contributed by atoms with van der Waals surface area (Å²) in [4.78, 5) is 11.0. The Hall–Kier alpha value is -1.22. The quantitative estimate of drug-likeness (QED) is 0.829. The van der Waals surface area contributed by atoms with E-state index < -0.39 is 0 Å². The van der Waals surface area contributed by atoms with Crippen molar-refractivity contribution in [2.45, 2.75) is 6.92 Å². The molecule has 1 aromatic rings. The third kappa shape index (κ3) is 3.66. The number of carbonyl (C=O) groups excluding carboxylic acids is 1. The lowest BCUT2D eigenvalue weighted by atomic mass is 10.3. The Balaban J connectivity index is 2.38. The van der Waals surface area contributed by atoms with Crippen LogP contribution in [-0.4, -0.2) is 19.1 Å². The highest BCUT2D eigenvalue weighted by atomic mass is 35.5. The van der Waals surface area contributed by atoms with Crippen LogP contribution in [0, 0.1) is 0 Å². The van der Waals surface area contributed by atoms with Crippen LogP contribution in [0.5, 0.6) is 5.75 Å². The molecular formula is C10H12ClNO2. The Bertz CT molecular complexity index is 297. The molecule has 1 N–H and O–H groups in total.